The highest BCUT2D eigenvalue weighted by molar-refractivity contribution is 7.99. The van der Waals surface area contributed by atoms with Crippen molar-refractivity contribution in [1.82, 2.24) is 9.55 Å². The molecule has 4 nitrogen and oxygen atoms in total. The van der Waals surface area contributed by atoms with Crippen LogP contribution in [-0.2, 0) is 17.8 Å². The number of hydrogen-bond acceptors (Lipinski definition) is 5. The molecule has 32 heavy (non-hydrogen) atoms. The molecule has 3 heterocycles. The third-order valence-corrected chi connectivity index (χ3v) is 8.32. The molecule has 0 saturated carbocycles. The smallest absolute Gasteiger partial charge is 0.267 e. The normalized spacial score (nSPS) is 16.1. The Morgan fingerprint density at radius 3 is 2.81 bits per heavy atom. The molecule has 0 fully saturated rings. The lowest BCUT2D eigenvalue weighted by Gasteiger charge is -2.26. The summed E-state index contributed by atoms with van der Waals surface area (Å²) in [5, 5.41) is 1.61. The number of unbranched alkanes of at least 4 members (excludes halogenated alkanes) is 4. The van der Waals surface area contributed by atoms with Crippen molar-refractivity contribution in [2.45, 2.75) is 84.1 Å². The van der Waals surface area contributed by atoms with Crippen LogP contribution in [0.1, 0.15) is 68.9 Å². The van der Waals surface area contributed by atoms with Crippen LogP contribution in [0.2, 0.25) is 0 Å². The average Bonchev–Trinajstić information content (AvgIpc) is 3.14. The van der Waals surface area contributed by atoms with Gasteiger partial charge in [-0.3, -0.25) is 9.36 Å². The lowest BCUT2D eigenvalue weighted by atomic mass is 9.96. The summed E-state index contributed by atoms with van der Waals surface area (Å²) in [6, 6.07) is 8.19. The summed E-state index contributed by atoms with van der Waals surface area (Å²) >= 11 is 3.35. The number of thioether (sulfide) groups is 1. The van der Waals surface area contributed by atoms with Gasteiger partial charge >= 0.3 is 0 Å². The van der Waals surface area contributed by atoms with Crippen molar-refractivity contribution >= 4 is 33.3 Å². The van der Waals surface area contributed by atoms with Crippen LogP contribution in [0.5, 0.6) is 0 Å². The fourth-order valence-corrected chi connectivity index (χ4v) is 6.47. The van der Waals surface area contributed by atoms with E-state index in [9.17, 15) is 4.79 Å². The molecule has 0 spiro atoms. The molecule has 0 N–H and O–H groups in total. The Labute approximate surface area is 199 Å². The third kappa shape index (κ3) is 4.97. The first kappa shape index (κ1) is 23.5. The summed E-state index contributed by atoms with van der Waals surface area (Å²) in [5.74, 6) is 1.41. The van der Waals surface area contributed by atoms with Gasteiger partial charge in [-0.15, -0.1) is 11.3 Å². The van der Waals surface area contributed by atoms with E-state index in [-0.39, 0.29) is 11.7 Å². The maximum atomic E-state index is 13.9. The van der Waals surface area contributed by atoms with E-state index in [2.05, 4.69) is 39.8 Å². The minimum atomic E-state index is 0.0657. The van der Waals surface area contributed by atoms with Gasteiger partial charge < -0.3 is 4.74 Å². The summed E-state index contributed by atoms with van der Waals surface area (Å²) in [5.41, 5.74) is 3.27. The van der Waals surface area contributed by atoms with E-state index in [1.807, 2.05) is 16.7 Å². The Kier molecular flexibility index (Phi) is 7.74. The van der Waals surface area contributed by atoms with Gasteiger partial charge in [0.2, 0.25) is 0 Å². The summed E-state index contributed by atoms with van der Waals surface area (Å²) in [7, 11) is 0. The Bertz CT molecular complexity index is 1130. The highest BCUT2D eigenvalue weighted by Crippen LogP contribution is 2.36. The van der Waals surface area contributed by atoms with Crippen LogP contribution in [0.25, 0.3) is 15.9 Å². The molecular formula is C26H34N2O2S2. The standard InChI is InChI=1S/C26H34N2O2S2/c1-5-6-7-8-9-13-31-26-27-24-23(20-15-21(17(2)3)30-16-22(20)32-24)25(29)28(26)19-12-10-11-18(4)14-19/h10-12,14,17,21H,5-9,13,15-16H2,1-4H3. The summed E-state index contributed by atoms with van der Waals surface area (Å²) in [6.07, 6.45) is 7.16. The molecule has 3 aromatic rings. The Morgan fingerprint density at radius 2 is 2.06 bits per heavy atom. The van der Waals surface area contributed by atoms with Gasteiger partial charge in [0.15, 0.2) is 5.16 Å². The number of aromatic nitrogens is 2. The SMILES string of the molecule is CCCCCCCSc1nc2sc3c(c2c(=O)n1-c1cccc(C)c1)CC(C(C)C)OC3. The van der Waals surface area contributed by atoms with Gasteiger partial charge in [0.05, 0.1) is 23.8 Å². The van der Waals surface area contributed by atoms with Gasteiger partial charge in [-0.1, -0.05) is 70.3 Å². The number of rotatable bonds is 9. The van der Waals surface area contributed by atoms with E-state index in [1.165, 1.54) is 30.6 Å². The molecule has 0 bridgehead atoms. The van der Waals surface area contributed by atoms with Crippen LogP contribution in [0.15, 0.2) is 34.2 Å². The van der Waals surface area contributed by atoms with Crippen molar-refractivity contribution in [3.8, 4) is 5.69 Å². The van der Waals surface area contributed by atoms with Crippen LogP contribution in [0, 0.1) is 12.8 Å². The zero-order chi connectivity index (χ0) is 22.7. The van der Waals surface area contributed by atoms with E-state index < -0.39 is 0 Å². The van der Waals surface area contributed by atoms with Crippen molar-refractivity contribution in [2.24, 2.45) is 5.92 Å². The quantitative estimate of drug-likeness (QED) is 0.193. The number of ether oxygens (including phenoxy) is 1. The Balaban J connectivity index is 1.75. The molecule has 1 aliphatic rings. The topological polar surface area (TPSA) is 44.1 Å². The van der Waals surface area contributed by atoms with Crippen LogP contribution < -0.4 is 5.56 Å². The van der Waals surface area contributed by atoms with Crippen LogP contribution in [0.3, 0.4) is 0 Å². The van der Waals surface area contributed by atoms with Crippen LogP contribution in [-0.4, -0.2) is 21.4 Å². The maximum Gasteiger partial charge on any atom is 0.267 e. The molecule has 0 amide bonds. The summed E-state index contributed by atoms with van der Waals surface area (Å²) in [4.78, 5) is 21.0. The molecule has 0 radical (unpaired) electrons. The fourth-order valence-electron chi connectivity index (χ4n) is 4.30. The van der Waals surface area contributed by atoms with Crippen molar-refractivity contribution < 1.29 is 4.74 Å². The second kappa shape index (κ2) is 10.5. The number of benzene rings is 1. The first-order valence-corrected chi connectivity index (χ1v) is 13.7. The predicted octanol–water partition coefficient (Wildman–Crippen LogP) is 6.92. The molecular weight excluding hydrogens is 436 g/mol. The van der Waals surface area contributed by atoms with Gasteiger partial charge in [-0.05, 0) is 42.5 Å². The molecule has 4 rings (SSSR count). The molecule has 1 aromatic carbocycles. The predicted molar refractivity (Wildman–Crippen MR) is 137 cm³/mol. The van der Waals surface area contributed by atoms with E-state index in [4.69, 9.17) is 9.72 Å². The lowest BCUT2D eigenvalue weighted by molar-refractivity contribution is 0.00200. The number of nitrogens with zero attached hydrogens (tertiary/aromatic N) is 2. The largest absolute Gasteiger partial charge is 0.372 e. The van der Waals surface area contributed by atoms with E-state index in [0.717, 1.165) is 50.8 Å². The molecule has 0 saturated heterocycles. The monoisotopic (exact) mass is 470 g/mol. The number of fused-ring (bicyclic) bond motifs is 3. The minimum Gasteiger partial charge on any atom is -0.372 e. The zero-order valence-electron chi connectivity index (χ0n) is 19.6. The third-order valence-electron chi connectivity index (χ3n) is 6.19. The molecule has 2 aromatic heterocycles. The van der Waals surface area contributed by atoms with Crippen LogP contribution >= 0.6 is 23.1 Å². The fraction of sp³-hybridized carbons (Fsp3) is 0.538. The molecule has 1 unspecified atom stereocenters. The van der Waals surface area contributed by atoms with Crippen molar-refractivity contribution in [2.75, 3.05) is 5.75 Å². The molecule has 1 aliphatic heterocycles. The van der Waals surface area contributed by atoms with Gasteiger partial charge in [-0.2, -0.15) is 0 Å². The van der Waals surface area contributed by atoms with Gasteiger partial charge in [0, 0.05) is 17.1 Å². The first-order chi connectivity index (χ1) is 15.5. The Hall–Kier alpha value is -1.63. The lowest BCUT2D eigenvalue weighted by Crippen LogP contribution is -2.28. The molecule has 6 heteroatoms. The summed E-state index contributed by atoms with van der Waals surface area (Å²) < 4.78 is 7.92. The second-order valence-corrected chi connectivity index (χ2v) is 11.3. The van der Waals surface area contributed by atoms with E-state index in [0.29, 0.717) is 12.5 Å². The highest BCUT2D eigenvalue weighted by atomic mass is 32.2. The number of hydrogen-bond donors (Lipinski definition) is 0. The van der Waals surface area contributed by atoms with Crippen molar-refractivity contribution in [3.05, 3.63) is 50.6 Å². The second-order valence-electron chi connectivity index (χ2n) is 9.12. The average molecular weight is 471 g/mol. The van der Waals surface area contributed by atoms with E-state index >= 15 is 0 Å². The molecule has 0 aliphatic carbocycles. The number of aryl methyl sites for hydroxylation is 1. The van der Waals surface area contributed by atoms with Crippen molar-refractivity contribution in [3.63, 3.8) is 0 Å². The maximum absolute atomic E-state index is 13.9. The number of thiophene rings is 1. The first-order valence-electron chi connectivity index (χ1n) is 11.9. The molecule has 1 atom stereocenters. The van der Waals surface area contributed by atoms with Gasteiger partial charge in [0.25, 0.3) is 5.56 Å². The minimum absolute atomic E-state index is 0.0657. The van der Waals surface area contributed by atoms with Crippen LogP contribution in [0.4, 0.5) is 0 Å². The Morgan fingerprint density at radius 1 is 1.25 bits per heavy atom. The zero-order valence-corrected chi connectivity index (χ0v) is 21.3. The summed E-state index contributed by atoms with van der Waals surface area (Å²) in [6.45, 7) is 9.26. The van der Waals surface area contributed by atoms with Crippen molar-refractivity contribution in [1.29, 1.82) is 0 Å². The van der Waals surface area contributed by atoms with Gasteiger partial charge in [-0.25, -0.2) is 4.98 Å². The van der Waals surface area contributed by atoms with E-state index in [1.54, 1.807) is 23.1 Å². The molecule has 172 valence electrons. The highest BCUT2D eigenvalue weighted by Gasteiger charge is 2.28. The van der Waals surface area contributed by atoms with Gasteiger partial charge in [0.1, 0.15) is 4.83 Å².